The predicted molar refractivity (Wildman–Crippen MR) is 61.9 cm³/mol. The molecule has 0 amide bonds. The Bertz CT molecular complexity index is 537. The van der Waals surface area contributed by atoms with Crippen LogP contribution in [0, 0.1) is 5.82 Å². The summed E-state index contributed by atoms with van der Waals surface area (Å²) in [5, 5.41) is 3.64. The zero-order valence-electron chi connectivity index (χ0n) is 9.85. The Hall–Kier alpha value is -2.17. The minimum Gasteiger partial charge on any atom is -0.484 e. The number of aromatic nitrogens is 1. The smallest absolute Gasteiger partial charge is 0.165 e. The van der Waals surface area contributed by atoms with Gasteiger partial charge in [0, 0.05) is 18.1 Å². The fourth-order valence-electron chi connectivity index (χ4n) is 1.46. The van der Waals surface area contributed by atoms with Gasteiger partial charge in [0.1, 0.15) is 18.6 Å². The van der Waals surface area contributed by atoms with Gasteiger partial charge in [0.25, 0.3) is 0 Å². The average molecular weight is 249 g/mol. The van der Waals surface area contributed by atoms with Gasteiger partial charge in [-0.3, -0.25) is 4.79 Å². The number of hydrogen-bond donors (Lipinski definition) is 0. The largest absolute Gasteiger partial charge is 0.484 e. The quantitative estimate of drug-likeness (QED) is 0.764. The molecule has 0 spiro atoms. The van der Waals surface area contributed by atoms with Gasteiger partial charge in [0.2, 0.25) is 0 Å². The SMILES string of the molecule is CCC(=O)c1ccc(OCc2ccon2)c(F)c1. The molecule has 0 aliphatic heterocycles. The topological polar surface area (TPSA) is 52.3 Å². The summed E-state index contributed by atoms with van der Waals surface area (Å²) in [5.74, 6) is -0.569. The number of ketones is 1. The van der Waals surface area contributed by atoms with Crippen molar-refractivity contribution < 1.29 is 18.4 Å². The maximum atomic E-state index is 13.7. The molecule has 0 N–H and O–H groups in total. The molecule has 0 aliphatic carbocycles. The molecule has 0 unspecified atom stereocenters. The van der Waals surface area contributed by atoms with Gasteiger partial charge in [-0.1, -0.05) is 12.1 Å². The van der Waals surface area contributed by atoms with Crippen molar-refractivity contribution in [2.75, 3.05) is 0 Å². The molecular formula is C13H12FNO3. The molecule has 5 heteroatoms. The second-order valence-corrected chi connectivity index (χ2v) is 3.70. The lowest BCUT2D eigenvalue weighted by Crippen LogP contribution is -2.01. The molecule has 1 heterocycles. The van der Waals surface area contributed by atoms with Gasteiger partial charge in [-0.05, 0) is 18.2 Å². The number of halogens is 1. The van der Waals surface area contributed by atoms with E-state index in [0.29, 0.717) is 17.7 Å². The molecule has 0 radical (unpaired) electrons. The van der Waals surface area contributed by atoms with E-state index < -0.39 is 5.82 Å². The van der Waals surface area contributed by atoms with E-state index in [0.717, 1.165) is 0 Å². The first-order chi connectivity index (χ1) is 8.70. The minimum absolute atomic E-state index is 0.0886. The van der Waals surface area contributed by atoms with Crippen molar-refractivity contribution in [3.8, 4) is 5.75 Å². The zero-order chi connectivity index (χ0) is 13.0. The number of ether oxygens (including phenoxy) is 1. The third kappa shape index (κ3) is 2.74. The third-order valence-electron chi connectivity index (χ3n) is 2.44. The summed E-state index contributed by atoms with van der Waals surface area (Å²) in [5.41, 5.74) is 0.923. The van der Waals surface area contributed by atoms with Gasteiger partial charge in [-0.2, -0.15) is 0 Å². The lowest BCUT2D eigenvalue weighted by atomic mass is 10.1. The van der Waals surface area contributed by atoms with Crippen LogP contribution in [-0.2, 0) is 6.61 Å². The highest BCUT2D eigenvalue weighted by atomic mass is 19.1. The van der Waals surface area contributed by atoms with Crippen LogP contribution in [0.2, 0.25) is 0 Å². The maximum Gasteiger partial charge on any atom is 0.165 e. The summed E-state index contributed by atoms with van der Waals surface area (Å²) in [4.78, 5) is 11.4. The molecule has 1 aromatic carbocycles. The van der Waals surface area contributed by atoms with Crippen molar-refractivity contribution in [1.82, 2.24) is 5.16 Å². The lowest BCUT2D eigenvalue weighted by molar-refractivity contribution is 0.0987. The molecule has 18 heavy (non-hydrogen) atoms. The van der Waals surface area contributed by atoms with Gasteiger partial charge in [-0.25, -0.2) is 4.39 Å². The minimum atomic E-state index is -0.558. The van der Waals surface area contributed by atoms with Crippen LogP contribution in [0.15, 0.2) is 35.1 Å². The Morgan fingerprint density at radius 1 is 1.44 bits per heavy atom. The Labute approximate surface area is 103 Å². The van der Waals surface area contributed by atoms with Gasteiger partial charge in [0.05, 0.1) is 0 Å². The summed E-state index contributed by atoms with van der Waals surface area (Å²) in [7, 11) is 0. The highest BCUT2D eigenvalue weighted by Gasteiger charge is 2.09. The van der Waals surface area contributed by atoms with Crippen LogP contribution < -0.4 is 4.74 Å². The molecule has 0 fully saturated rings. The number of Topliss-reactive ketones (excluding diaryl/α,β-unsaturated/α-hetero) is 1. The lowest BCUT2D eigenvalue weighted by Gasteiger charge is -2.06. The maximum absolute atomic E-state index is 13.7. The van der Waals surface area contributed by atoms with Crippen molar-refractivity contribution in [2.24, 2.45) is 0 Å². The van der Waals surface area contributed by atoms with Gasteiger partial charge in [0.15, 0.2) is 17.3 Å². The third-order valence-corrected chi connectivity index (χ3v) is 2.44. The standard InChI is InChI=1S/C13H12FNO3/c1-2-12(16)9-3-4-13(11(14)7-9)17-8-10-5-6-18-15-10/h3-7H,2,8H2,1H3. The van der Waals surface area contributed by atoms with E-state index >= 15 is 0 Å². The molecule has 0 saturated carbocycles. The number of carbonyl (C=O) groups excluding carboxylic acids is 1. The van der Waals surface area contributed by atoms with Crippen LogP contribution in [0.1, 0.15) is 29.4 Å². The van der Waals surface area contributed by atoms with E-state index in [1.165, 1.54) is 18.4 Å². The number of rotatable bonds is 5. The normalized spacial score (nSPS) is 10.3. The van der Waals surface area contributed by atoms with Crippen molar-refractivity contribution in [3.05, 3.63) is 47.6 Å². The highest BCUT2D eigenvalue weighted by molar-refractivity contribution is 5.95. The molecule has 0 atom stereocenters. The molecule has 94 valence electrons. The van der Waals surface area contributed by atoms with Crippen LogP contribution in [0.5, 0.6) is 5.75 Å². The number of carbonyl (C=O) groups is 1. The van der Waals surface area contributed by atoms with Crippen molar-refractivity contribution in [3.63, 3.8) is 0 Å². The highest BCUT2D eigenvalue weighted by Crippen LogP contribution is 2.20. The average Bonchev–Trinajstić information content (AvgIpc) is 2.89. The van der Waals surface area contributed by atoms with Gasteiger partial charge >= 0.3 is 0 Å². The number of hydrogen-bond acceptors (Lipinski definition) is 4. The first kappa shape index (κ1) is 12.3. The predicted octanol–water partition coefficient (Wildman–Crippen LogP) is 2.99. The van der Waals surface area contributed by atoms with E-state index in [1.54, 1.807) is 19.1 Å². The molecule has 0 bridgehead atoms. The molecule has 2 rings (SSSR count). The first-order valence-electron chi connectivity index (χ1n) is 5.55. The van der Waals surface area contributed by atoms with Crippen LogP contribution in [0.25, 0.3) is 0 Å². The molecule has 1 aromatic heterocycles. The molecule has 4 nitrogen and oxygen atoms in total. The van der Waals surface area contributed by atoms with Crippen molar-refractivity contribution in [1.29, 1.82) is 0 Å². The Balaban J connectivity index is 2.08. The Morgan fingerprint density at radius 3 is 2.89 bits per heavy atom. The van der Waals surface area contributed by atoms with Crippen LogP contribution >= 0.6 is 0 Å². The molecule has 0 aliphatic rings. The van der Waals surface area contributed by atoms with Crippen LogP contribution in [-0.4, -0.2) is 10.9 Å². The van der Waals surface area contributed by atoms with E-state index in [1.807, 2.05) is 0 Å². The Morgan fingerprint density at radius 2 is 2.28 bits per heavy atom. The summed E-state index contributed by atoms with van der Waals surface area (Å²) in [6.45, 7) is 1.85. The molecular weight excluding hydrogens is 237 g/mol. The summed E-state index contributed by atoms with van der Waals surface area (Å²) in [6.07, 6.45) is 1.76. The number of benzene rings is 1. The van der Waals surface area contributed by atoms with Crippen LogP contribution in [0.4, 0.5) is 4.39 Å². The second-order valence-electron chi connectivity index (χ2n) is 3.70. The molecule has 2 aromatic rings. The fourth-order valence-corrected chi connectivity index (χ4v) is 1.46. The van der Waals surface area contributed by atoms with E-state index in [2.05, 4.69) is 9.68 Å². The summed E-state index contributed by atoms with van der Waals surface area (Å²) in [6, 6.07) is 5.81. The van der Waals surface area contributed by atoms with E-state index in [4.69, 9.17) is 4.74 Å². The van der Waals surface area contributed by atoms with E-state index in [-0.39, 0.29) is 18.1 Å². The van der Waals surface area contributed by atoms with E-state index in [9.17, 15) is 9.18 Å². The monoisotopic (exact) mass is 249 g/mol. The van der Waals surface area contributed by atoms with Crippen LogP contribution in [0.3, 0.4) is 0 Å². The number of nitrogens with zero attached hydrogens (tertiary/aromatic N) is 1. The zero-order valence-corrected chi connectivity index (χ0v) is 9.85. The fraction of sp³-hybridized carbons (Fsp3) is 0.231. The second kappa shape index (κ2) is 5.44. The molecule has 0 saturated heterocycles. The van der Waals surface area contributed by atoms with Crippen molar-refractivity contribution >= 4 is 5.78 Å². The van der Waals surface area contributed by atoms with Gasteiger partial charge in [-0.15, -0.1) is 0 Å². The summed E-state index contributed by atoms with van der Waals surface area (Å²) >= 11 is 0. The summed E-state index contributed by atoms with van der Waals surface area (Å²) < 4.78 is 23.5. The van der Waals surface area contributed by atoms with Gasteiger partial charge < -0.3 is 9.26 Å². The first-order valence-corrected chi connectivity index (χ1v) is 5.55. The van der Waals surface area contributed by atoms with Crippen molar-refractivity contribution in [2.45, 2.75) is 20.0 Å². The Kier molecular flexibility index (Phi) is 3.72.